The molecule has 1 aliphatic rings. The Labute approximate surface area is 179 Å². The Kier molecular flexibility index (Phi) is 5.91. The van der Waals surface area contributed by atoms with Gasteiger partial charge in [0.05, 0.1) is 5.75 Å². The van der Waals surface area contributed by atoms with E-state index in [1.807, 2.05) is 35.9 Å². The highest BCUT2D eigenvalue weighted by atomic mass is 79.9. The molecule has 1 aromatic heterocycles. The van der Waals surface area contributed by atoms with Crippen molar-refractivity contribution in [3.63, 3.8) is 0 Å². The standard InChI is InChI=1S/C19H17BrN4O4S/c1-24-17(9-26-14-5-2-12(20)3-6-14)22-23-19(24)29-10-18(25)21-13-4-7-15-16(8-13)28-11-27-15/h2-8H,9-11H2,1H3,(H,21,25). The molecule has 0 spiro atoms. The predicted octanol–water partition coefficient (Wildman–Crippen LogP) is 3.62. The molecule has 8 nitrogen and oxygen atoms in total. The lowest BCUT2D eigenvalue weighted by Crippen LogP contribution is -2.14. The minimum absolute atomic E-state index is 0.149. The van der Waals surface area contributed by atoms with Crippen molar-refractivity contribution in [2.24, 2.45) is 7.05 Å². The van der Waals surface area contributed by atoms with Crippen LogP contribution in [0.4, 0.5) is 5.69 Å². The lowest BCUT2D eigenvalue weighted by atomic mass is 10.3. The minimum atomic E-state index is -0.149. The molecular weight excluding hydrogens is 460 g/mol. The Hall–Kier alpha value is -2.72. The number of carbonyl (C=O) groups is 1. The highest BCUT2D eigenvalue weighted by Gasteiger charge is 2.15. The number of benzene rings is 2. The zero-order chi connectivity index (χ0) is 20.2. The molecule has 2 heterocycles. The Morgan fingerprint density at radius 1 is 1.21 bits per heavy atom. The van der Waals surface area contributed by atoms with Crippen LogP contribution in [0, 0.1) is 0 Å². The Balaban J connectivity index is 1.29. The van der Waals surface area contributed by atoms with Crippen LogP contribution in [0.15, 0.2) is 52.1 Å². The van der Waals surface area contributed by atoms with Gasteiger partial charge < -0.3 is 24.1 Å². The molecule has 29 heavy (non-hydrogen) atoms. The molecular formula is C19H17BrN4O4S. The number of nitrogens with one attached hydrogen (secondary N) is 1. The normalized spacial score (nSPS) is 12.1. The van der Waals surface area contributed by atoms with Gasteiger partial charge in [0.25, 0.3) is 0 Å². The Morgan fingerprint density at radius 2 is 2.00 bits per heavy atom. The molecule has 4 rings (SSSR count). The summed E-state index contributed by atoms with van der Waals surface area (Å²) in [4.78, 5) is 12.3. The average Bonchev–Trinajstić information content (AvgIpc) is 3.32. The number of nitrogens with zero attached hydrogens (tertiary/aromatic N) is 3. The van der Waals surface area contributed by atoms with E-state index in [1.54, 1.807) is 18.2 Å². The lowest BCUT2D eigenvalue weighted by Gasteiger charge is -2.07. The maximum absolute atomic E-state index is 12.3. The van der Waals surface area contributed by atoms with Crippen molar-refractivity contribution in [3.05, 3.63) is 52.8 Å². The molecule has 0 bridgehead atoms. The number of aromatic nitrogens is 3. The van der Waals surface area contributed by atoms with E-state index < -0.39 is 0 Å². The van der Waals surface area contributed by atoms with Gasteiger partial charge in [-0.05, 0) is 36.4 Å². The summed E-state index contributed by atoms with van der Waals surface area (Å²) >= 11 is 4.69. The fourth-order valence-corrected chi connectivity index (χ4v) is 3.57. The van der Waals surface area contributed by atoms with Gasteiger partial charge >= 0.3 is 0 Å². The molecule has 3 aromatic rings. The zero-order valence-corrected chi connectivity index (χ0v) is 17.8. The molecule has 2 aromatic carbocycles. The zero-order valence-electron chi connectivity index (χ0n) is 15.4. The maximum atomic E-state index is 12.3. The number of amides is 1. The molecule has 0 saturated heterocycles. The van der Waals surface area contributed by atoms with Gasteiger partial charge in [0.15, 0.2) is 22.5 Å². The first-order valence-electron chi connectivity index (χ1n) is 8.67. The molecule has 0 unspecified atom stereocenters. The van der Waals surface area contributed by atoms with Gasteiger partial charge in [-0.15, -0.1) is 10.2 Å². The van der Waals surface area contributed by atoms with Crippen molar-refractivity contribution in [2.45, 2.75) is 11.8 Å². The summed E-state index contributed by atoms with van der Waals surface area (Å²) in [5, 5.41) is 11.8. The largest absolute Gasteiger partial charge is 0.486 e. The van der Waals surface area contributed by atoms with E-state index in [0.29, 0.717) is 28.2 Å². The van der Waals surface area contributed by atoms with Gasteiger partial charge in [-0.1, -0.05) is 27.7 Å². The number of fused-ring (bicyclic) bond motifs is 1. The van der Waals surface area contributed by atoms with Crippen LogP contribution in [0.1, 0.15) is 5.82 Å². The molecule has 10 heteroatoms. The molecule has 0 fully saturated rings. The smallest absolute Gasteiger partial charge is 0.234 e. The van der Waals surface area contributed by atoms with Crippen LogP contribution in [-0.2, 0) is 18.4 Å². The summed E-state index contributed by atoms with van der Waals surface area (Å²) in [5.41, 5.74) is 0.654. The van der Waals surface area contributed by atoms with Gasteiger partial charge in [-0.25, -0.2) is 0 Å². The molecule has 0 atom stereocenters. The van der Waals surface area contributed by atoms with E-state index >= 15 is 0 Å². The topological polar surface area (TPSA) is 87.5 Å². The summed E-state index contributed by atoms with van der Waals surface area (Å²) in [6.45, 7) is 0.484. The van der Waals surface area contributed by atoms with Gasteiger partial charge in [0.2, 0.25) is 12.7 Å². The van der Waals surface area contributed by atoms with Crippen molar-refractivity contribution < 1.29 is 19.0 Å². The number of thioether (sulfide) groups is 1. The van der Waals surface area contributed by atoms with Crippen molar-refractivity contribution in [2.75, 3.05) is 17.9 Å². The second-order valence-corrected chi connectivity index (χ2v) is 7.96. The number of halogens is 1. The van der Waals surface area contributed by atoms with Gasteiger partial charge in [0.1, 0.15) is 12.4 Å². The summed E-state index contributed by atoms with van der Waals surface area (Å²) in [5.74, 6) is 2.77. The quantitative estimate of drug-likeness (QED) is 0.521. The van der Waals surface area contributed by atoms with Crippen LogP contribution < -0.4 is 19.5 Å². The van der Waals surface area contributed by atoms with Crippen LogP contribution in [-0.4, -0.2) is 33.2 Å². The number of hydrogen-bond donors (Lipinski definition) is 1. The van der Waals surface area contributed by atoms with Crippen molar-refractivity contribution in [1.29, 1.82) is 0 Å². The monoisotopic (exact) mass is 476 g/mol. The molecule has 0 aliphatic carbocycles. The van der Waals surface area contributed by atoms with Crippen LogP contribution in [0.3, 0.4) is 0 Å². The summed E-state index contributed by atoms with van der Waals surface area (Å²) in [7, 11) is 1.85. The molecule has 0 saturated carbocycles. The van der Waals surface area contributed by atoms with E-state index in [-0.39, 0.29) is 25.1 Å². The number of anilines is 1. The number of ether oxygens (including phenoxy) is 3. The number of hydrogen-bond acceptors (Lipinski definition) is 7. The third kappa shape index (κ3) is 4.83. The highest BCUT2D eigenvalue weighted by molar-refractivity contribution is 9.10. The molecule has 0 radical (unpaired) electrons. The van der Waals surface area contributed by atoms with Crippen molar-refractivity contribution in [3.8, 4) is 17.2 Å². The third-order valence-electron chi connectivity index (χ3n) is 4.10. The van der Waals surface area contributed by atoms with Crippen LogP contribution >= 0.6 is 27.7 Å². The fraction of sp³-hybridized carbons (Fsp3) is 0.211. The Bertz CT molecular complexity index is 1030. The van der Waals surface area contributed by atoms with E-state index in [2.05, 4.69) is 31.4 Å². The number of rotatable bonds is 7. The van der Waals surface area contributed by atoms with Crippen molar-refractivity contribution >= 4 is 39.3 Å². The summed E-state index contributed by atoms with van der Waals surface area (Å²) in [6.07, 6.45) is 0. The average molecular weight is 477 g/mol. The fourth-order valence-electron chi connectivity index (χ4n) is 2.58. The molecule has 1 N–H and O–H groups in total. The third-order valence-corrected chi connectivity index (χ3v) is 5.64. The van der Waals surface area contributed by atoms with Crippen molar-refractivity contribution in [1.82, 2.24) is 14.8 Å². The lowest BCUT2D eigenvalue weighted by molar-refractivity contribution is -0.113. The van der Waals surface area contributed by atoms with Gasteiger partial charge in [-0.3, -0.25) is 4.79 Å². The second-order valence-electron chi connectivity index (χ2n) is 6.11. The van der Waals surface area contributed by atoms with Crippen LogP contribution in [0.25, 0.3) is 0 Å². The van der Waals surface area contributed by atoms with E-state index in [0.717, 1.165) is 10.2 Å². The van der Waals surface area contributed by atoms with Gasteiger partial charge in [0, 0.05) is 23.3 Å². The summed E-state index contributed by atoms with van der Waals surface area (Å²) in [6, 6.07) is 12.8. The van der Waals surface area contributed by atoms with Gasteiger partial charge in [-0.2, -0.15) is 0 Å². The van der Waals surface area contributed by atoms with E-state index in [9.17, 15) is 4.79 Å². The number of carbonyl (C=O) groups excluding carboxylic acids is 1. The molecule has 1 amide bonds. The van der Waals surface area contributed by atoms with E-state index in [4.69, 9.17) is 14.2 Å². The molecule has 150 valence electrons. The SMILES string of the molecule is Cn1c(COc2ccc(Br)cc2)nnc1SCC(=O)Nc1ccc2c(c1)OCO2. The van der Waals surface area contributed by atoms with Crippen LogP contribution in [0.5, 0.6) is 17.2 Å². The first-order chi connectivity index (χ1) is 14.1. The Morgan fingerprint density at radius 3 is 2.83 bits per heavy atom. The first-order valence-corrected chi connectivity index (χ1v) is 10.5. The predicted molar refractivity (Wildman–Crippen MR) is 111 cm³/mol. The molecule has 1 aliphatic heterocycles. The van der Waals surface area contributed by atoms with E-state index in [1.165, 1.54) is 11.8 Å². The minimum Gasteiger partial charge on any atom is -0.486 e. The highest BCUT2D eigenvalue weighted by Crippen LogP contribution is 2.34. The summed E-state index contributed by atoms with van der Waals surface area (Å²) < 4.78 is 19.1. The maximum Gasteiger partial charge on any atom is 0.234 e. The second kappa shape index (κ2) is 8.75. The first kappa shape index (κ1) is 19.6. The van der Waals surface area contributed by atoms with Crippen LogP contribution in [0.2, 0.25) is 0 Å².